The van der Waals surface area contributed by atoms with E-state index in [0.29, 0.717) is 24.4 Å². The summed E-state index contributed by atoms with van der Waals surface area (Å²) in [6, 6.07) is 3.50. The largest absolute Gasteiger partial charge is 0.507 e. The second-order valence-electron chi connectivity index (χ2n) is 9.08. The van der Waals surface area contributed by atoms with Gasteiger partial charge >= 0.3 is 5.97 Å². The van der Waals surface area contributed by atoms with Crippen molar-refractivity contribution in [1.82, 2.24) is 0 Å². The highest BCUT2D eigenvalue weighted by molar-refractivity contribution is 5.89. The van der Waals surface area contributed by atoms with E-state index in [1.54, 1.807) is 12.1 Å². The number of esters is 1. The second kappa shape index (κ2) is 9.41. The molecule has 0 bridgehead atoms. The zero-order valence-electron chi connectivity index (χ0n) is 18.1. The van der Waals surface area contributed by atoms with Crippen LogP contribution in [0.1, 0.15) is 78.9 Å². The van der Waals surface area contributed by atoms with E-state index in [1.807, 2.05) is 41.5 Å². The molecule has 0 spiro atoms. The first-order valence-corrected chi connectivity index (χ1v) is 9.73. The summed E-state index contributed by atoms with van der Waals surface area (Å²) in [6.45, 7) is 19.4. The molecule has 0 aliphatic carbocycles. The van der Waals surface area contributed by atoms with E-state index in [4.69, 9.17) is 9.47 Å². The molecule has 0 aliphatic heterocycles. The molecule has 0 atom stereocenters. The van der Waals surface area contributed by atoms with Crippen molar-refractivity contribution in [2.75, 3.05) is 13.2 Å². The van der Waals surface area contributed by atoms with Crippen molar-refractivity contribution in [3.8, 4) is 11.5 Å². The molecule has 152 valence electrons. The predicted molar refractivity (Wildman–Crippen MR) is 111 cm³/mol. The summed E-state index contributed by atoms with van der Waals surface area (Å²) in [5.74, 6) is 0.272. The standard InChI is InChI=1S/C23H36O4/c1-9-12-26-13-10-11-16(2)21(25)27-17-14-18(22(3,4)5)20(24)19(15-17)23(6,7)8/h14-15,24H,2,9-13H2,1,3-8H3. The normalized spacial score (nSPS) is 12.1. The van der Waals surface area contributed by atoms with E-state index in [-0.39, 0.29) is 16.6 Å². The van der Waals surface area contributed by atoms with Crippen LogP contribution in [0, 0.1) is 0 Å². The summed E-state index contributed by atoms with van der Waals surface area (Å²) in [5.41, 5.74) is 1.39. The smallest absolute Gasteiger partial charge is 0.338 e. The van der Waals surface area contributed by atoms with Gasteiger partial charge in [-0.25, -0.2) is 4.79 Å². The number of carbonyl (C=O) groups is 1. The van der Waals surface area contributed by atoms with E-state index >= 15 is 0 Å². The molecule has 1 N–H and O–H groups in total. The molecular weight excluding hydrogens is 340 g/mol. The van der Waals surface area contributed by atoms with Gasteiger partial charge in [-0.2, -0.15) is 0 Å². The zero-order valence-corrected chi connectivity index (χ0v) is 18.1. The molecule has 0 unspecified atom stereocenters. The predicted octanol–water partition coefficient (Wildman–Crippen LogP) is 5.66. The van der Waals surface area contributed by atoms with Crippen molar-refractivity contribution in [2.45, 2.75) is 78.6 Å². The summed E-state index contributed by atoms with van der Waals surface area (Å²) in [6.07, 6.45) is 2.26. The fourth-order valence-electron chi connectivity index (χ4n) is 2.73. The lowest BCUT2D eigenvalue weighted by Crippen LogP contribution is -2.18. The molecule has 1 aromatic rings. The second-order valence-corrected chi connectivity index (χ2v) is 9.08. The summed E-state index contributed by atoms with van der Waals surface area (Å²) in [5, 5.41) is 10.7. The van der Waals surface area contributed by atoms with Gasteiger partial charge in [0.15, 0.2) is 0 Å². The van der Waals surface area contributed by atoms with Gasteiger partial charge in [0.25, 0.3) is 0 Å². The summed E-state index contributed by atoms with van der Waals surface area (Å²) in [4.78, 5) is 12.4. The average Bonchev–Trinajstić information content (AvgIpc) is 2.53. The molecule has 27 heavy (non-hydrogen) atoms. The molecule has 4 heteroatoms. The Kier molecular flexibility index (Phi) is 8.09. The van der Waals surface area contributed by atoms with Gasteiger partial charge in [-0.3, -0.25) is 0 Å². The van der Waals surface area contributed by atoms with Crippen LogP contribution in [0.2, 0.25) is 0 Å². The molecule has 0 saturated carbocycles. The van der Waals surface area contributed by atoms with Gasteiger partial charge in [0, 0.05) is 29.9 Å². The van der Waals surface area contributed by atoms with Gasteiger partial charge < -0.3 is 14.6 Å². The third kappa shape index (κ3) is 7.02. The number of hydrogen-bond donors (Lipinski definition) is 1. The van der Waals surface area contributed by atoms with Crippen molar-refractivity contribution < 1.29 is 19.4 Å². The Balaban J connectivity index is 2.96. The number of aromatic hydroxyl groups is 1. The van der Waals surface area contributed by atoms with Crippen LogP contribution in [-0.2, 0) is 20.4 Å². The molecule has 0 amide bonds. The van der Waals surface area contributed by atoms with Gasteiger partial charge in [-0.1, -0.05) is 55.0 Å². The van der Waals surface area contributed by atoms with Crippen molar-refractivity contribution in [3.05, 3.63) is 35.4 Å². The van der Waals surface area contributed by atoms with Crippen LogP contribution in [0.25, 0.3) is 0 Å². The Morgan fingerprint density at radius 3 is 2.00 bits per heavy atom. The molecular formula is C23H36O4. The minimum absolute atomic E-state index is 0.265. The monoisotopic (exact) mass is 376 g/mol. The van der Waals surface area contributed by atoms with E-state index in [0.717, 1.165) is 30.6 Å². The number of phenols is 1. The van der Waals surface area contributed by atoms with Crippen LogP contribution in [-0.4, -0.2) is 24.3 Å². The topological polar surface area (TPSA) is 55.8 Å². The lowest BCUT2D eigenvalue weighted by atomic mass is 9.79. The van der Waals surface area contributed by atoms with Crippen LogP contribution in [0.4, 0.5) is 0 Å². The number of carbonyl (C=O) groups excluding carboxylic acids is 1. The maximum atomic E-state index is 12.4. The Hall–Kier alpha value is -1.81. The highest BCUT2D eigenvalue weighted by atomic mass is 16.5. The van der Waals surface area contributed by atoms with E-state index in [2.05, 4.69) is 13.5 Å². The Labute approximate surface area is 164 Å². The molecule has 0 aliphatic rings. The minimum atomic E-state index is -0.434. The van der Waals surface area contributed by atoms with E-state index in [9.17, 15) is 9.90 Å². The van der Waals surface area contributed by atoms with Crippen LogP contribution in [0.5, 0.6) is 11.5 Å². The van der Waals surface area contributed by atoms with Crippen LogP contribution in [0.15, 0.2) is 24.3 Å². The van der Waals surface area contributed by atoms with Gasteiger partial charge in [-0.05, 0) is 42.2 Å². The van der Waals surface area contributed by atoms with Gasteiger partial charge in [0.2, 0.25) is 0 Å². The van der Waals surface area contributed by atoms with E-state index < -0.39 is 5.97 Å². The lowest BCUT2D eigenvalue weighted by molar-refractivity contribution is -0.130. The first kappa shape index (κ1) is 23.2. The molecule has 1 rings (SSSR count). The van der Waals surface area contributed by atoms with Gasteiger partial charge in [-0.15, -0.1) is 0 Å². The fourth-order valence-corrected chi connectivity index (χ4v) is 2.73. The quantitative estimate of drug-likeness (QED) is 0.275. The first-order chi connectivity index (χ1) is 12.4. The van der Waals surface area contributed by atoms with Gasteiger partial charge in [0.1, 0.15) is 11.5 Å². The Bertz CT molecular complexity index is 625. The highest BCUT2D eigenvalue weighted by Crippen LogP contribution is 2.41. The van der Waals surface area contributed by atoms with Crippen molar-refractivity contribution in [2.24, 2.45) is 0 Å². The lowest BCUT2D eigenvalue weighted by Gasteiger charge is -2.28. The number of phenolic OH excluding ortho intramolecular Hbond substituents is 1. The Morgan fingerprint density at radius 1 is 1.04 bits per heavy atom. The molecule has 0 fully saturated rings. The average molecular weight is 377 g/mol. The van der Waals surface area contributed by atoms with Crippen LogP contribution in [0.3, 0.4) is 0 Å². The maximum Gasteiger partial charge on any atom is 0.338 e. The summed E-state index contributed by atoms with van der Waals surface area (Å²) >= 11 is 0. The molecule has 0 radical (unpaired) electrons. The molecule has 1 aromatic carbocycles. The first-order valence-electron chi connectivity index (χ1n) is 9.73. The van der Waals surface area contributed by atoms with Gasteiger partial charge in [0.05, 0.1) is 0 Å². The van der Waals surface area contributed by atoms with Crippen LogP contribution >= 0.6 is 0 Å². The SMILES string of the molecule is C=C(CCCOCCC)C(=O)Oc1cc(C(C)(C)C)c(O)c(C(C)(C)C)c1. The summed E-state index contributed by atoms with van der Waals surface area (Å²) < 4.78 is 11.0. The molecule has 4 nitrogen and oxygen atoms in total. The molecule has 0 saturated heterocycles. The summed E-state index contributed by atoms with van der Waals surface area (Å²) in [7, 11) is 0. The Morgan fingerprint density at radius 2 is 1.56 bits per heavy atom. The third-order valence-corrected chi connectivity index (χ3v) is 4.31. The maximum absolute atomic E-state index is 12.4. The fraction of sp³-hybridized carbons (Fsp3) is 0.609. The molecule has 0 aromatic heterocycles. The minimum Gasteiger partial charge on any atom is -0.507 e. The van der Waals surface area contributed by atoms with Crippen molar-refractivity contribution >= 4 is 5.97 Å². The number of benzene rings is 1. The third-order valence-electron chi connectivity index (χ3n) is 4.31. The van der Waals surface area contributed by atoms with Crippen molar-refractivity contribution in [1.29, 1.82) is 0 Å². The van der Waals surface area contributed by atoms with Crippen LogP contribution < -0.4 is 4.74 Å². The highest BCUT2D eigenvalue weighted by Gasteiger charge is 2.27. The van der Waals surface area contributed by atoms with Crippen molar-refractivity contribution in [3.63, 3.8) is 0 Å². The number of rotatable bonds is 8. The molecule has 0 heterocycles. The number of ether oxygens (including phenoxy) is 2. The number of hydrogen-bond acceptors (Lipinski definition) is 4. The zero-order chi connectivity index (χ0) is 20.8. The van der Waals surface area contributed by atoms with E-state index in [1.165, 1.54) is 0 Å².